The standard InChI is InChI=1S/C14H16FNO3/c1-14(2)6-10(16-13(17)12-7-18-12)9-5-8(15)3-4-11(9)19-14/h3-5,10,12H,6-7H2,1-2H3,(H,16,17). The molecule has 2 unspecified atom stereocenters. The van der Waals surface area contributed by atoms with Crippen molar-refractivity contribution in [3.05, 3.63) is 29.6 Å². The maximum absolute atomic E-state index is 13.4. The summed E-state index contributed by atoms with van der Waals surface area (Å²) in [5.41, 5.74) is 0.293. The molecule has 1 aromatic carbocycles. The topological polar surface area (TPSA) is 50.9 Å². The lowest BCUT2D eigenvalue weighted by atomic mass is 9.89. The summed E-state index contributed by atoms with van der Waals surface area (Å²) < 4.78 is 24.1. The molecule has 0 bridgehead atoms. The molecule has 2 aliphatic rings. The maximum Gasteiger partial charge on any atom is 0.252 e. The van der Waals surface area contributed by atoms with Crippen molar-refractivity contribution in [2.45, 2.75) is 38.0 Å². The molecule has 1 amide bonds. The van der Waals surface area contributed by atoms with Crippen LogP contribution >= 0.6 is 0 Å². The van der Waals surface area contributed by atoms with Gasteiger partial charge in [-0.1, -0.05) is 0 Å². The van der Waals surface area contributed by atoms with E-state index in [1.807, 2.05) is 13.8 Å². The Labute approximate surface area is 110 Å². The highest BCUT2D eigenvalue weighted by Crippen LogP contribution is 2.39. The molecule has 4 nitrogen and oxygen atoms in total. The van der Waals surface area contributed by atoms with Gasteiger partial charge in [-0.25, -0.2) is 4.39 Å². The van der Waals surface area contributed by atoms with Crippen LogP contribution in [-0.2, 0) is 9.53 Å². The fourth-order valence-corrected chi connectivity index (χ4v) is 2.42. The van der Waals surface area contributed by atoms with E-state index >= 15 is 0 Å². The minimum Gasteiger partial charge on any atom is -0.487 e. The Morgan fingerprint density at radius 2 is 2.21 bits per heavy atom. The largest absolute Gasteiger partial charge is 0.487 e. The normalized spacial score (nSPS) is 27.1. The Hall–Kier alpha value is -1.62. The van der Waals surface area contributed by atoms with E-state index in [0.717, 1.165) is 0 Å². The summed E-state index contributed by atoms with van der Waals surface area (Å²) in [7, 11) is 0. The lowest BCUT2D eigenvalue weighted by Gasteiger charge is -2.37. The summed E-state index contributed by atoms with van der Waals surface area (Å²) in [5, 5.41) is 2.91. The van der Waals surface area contributed by atoms with Crippen molar-refractivity contribution in [1.82, 2.24) is 5.32 Å². The zero-order valence-corrected chi connectivity index (χ0v) is 10.9. The lowest BCUT2D eigenvalue weighted by Crippen LogP contribution is -2.42. The van der Waals surface area contributed by atoms with Gasteiger partial charge >= 0.3 is 0 Å². The number of benzene rings is 1. The fraction of sp³-hybridized carbons (Fsp3) is 0.500. The molecular weight excluding hydrogens is 249 g/mol. The highest BCUT2D eigenvalue weighted by atomic mass is 19.1. The van der Waals surface area contributed by atoms with Crippen molar-refractivity contribution in [2.24, 2.45) is 0 Å². The first-order valence-corrected chi connectivity index (χ1v) is 6.35. The van der Waals surface area contributed by atoms with Crippen LogP contribution in [0.15, 0.2) is 18.2 Å². The van der Waals surface area contributed by atoms with E-state index in [2.05, 4.69) is 5.32 Å². The van der Waals surface area contributed by atoms with Gasteiger partial charge in [-0.15, -0.1) is 0 Å². The average Bonchev–Trinajstić information content (AvgIpc) is 3.13. The lowest BCUT2D eigenvalue weighted by molar-refractivity contribution is -0.123. The van der Waals surface area contributed by atoms with Crippen LogP contribution in [0.3, 0.4) is 0 Å². The number of ether oxygens (including phenoxy) is 2. The van der Waals surface area contributed by atoms with E-state index in [-0.39, 0.29) is 23.9 Å². The molecule has 3 rings (SSSR count). The second-order valence-corrected chi connectivity index (χ2v) is 5.63. The highest BCUT2D eigenvalue weighted by molar-refractivity contribution is 5.83. The van der Waals surface area contributed by atoms with Gasteiger partial charge in [0, 0.05) is 12.0 Å². The molecule has 1 aromatic rings. The van der Waals surface area contributed by atoms with Crippen molar-refractivity contribution >= 4 is 5.91 Å². The number of hydrogen-bond donors (Lipinski definition) is 1. The first-order chi connectivity index (χ1) is 8.94. The van der Waals surface area contributed by atoms with Crippen molar-refractivity contribution in [3.8, 4) is 5.75 Å². The molecule has 102 valence electrons. The quantitative estimate of drug-likeness (QED) is 0.831. The van der Waals surface area contributed by atoms with Crippen molar-refractivity contribution < 1.29 is 18.7 Å². The number of nitrogens with one attached hydrogen (secondary N) is 1. The molecule has 0 aliphatic carbocycles. The molecule has 0 radical (unpaired) electrons. The first-order valence-electron chi connectivity index (χ1n) is 6.35. The molecule has 19 heavy (non-hydrogen) atoms. The second-order valence-electron chi connectivity index (χ2n) is 5.63. The van der Waals surface area contributed by atoms with Gasteiger partial charge in [-0.05, 0) is 32.0 Å². The Kier molecular flexibility index (Phi) is 2.74. The molecule has 1 saturated heterocycles. The van der Waals surface area contributed by atoms with E-state index < -0.39 is 5.60 Å². The molecule has 0 aromatic heterocycles. The van der Waals surface area contributed by atoms with Crippen molar-refractivity contribution in [1.29, 1.82) is 0 Å². The number of fused-ring (bicyclic) bond motifs is 1. The second kappa shape index (κ2) is 4.20. The van der Waals surface area contributed by atoms with Crippen LogP contribution in [0.25, 0.3) is 0 Å². The minimum atomic E-state index is -0.396. The Morgan fingerprint density at radius 3 is 2.89 bits per heavy atom. The van der Waals surface area contributed by atoms with Gasteiger partial charge in [0.05, 0.1) is 12.6 Å². The van der Waals surface area contributed by atoms with E-state index in [0.29, 0.717) is 24.3 Å². The van der Waals surface area contributed by atoms with E-state index in [9.17, 15) is 9.18 Å². The molecule has 5 heteroatoms. The summed E-state index contributed by atoms with van der Waals surface area (Å²) in [6.07, 6.45) is 0.255. The van der Waals surface area contributed by atoms with Crippen LogP contribution in [0.4, 0.5) is 4.39 Å². The number of halogens is 1. The van der Waals surface area contributed by atoms with Gasteiger partial charge in [0.15, 0.2) is 6.10 Å². The summed E-state index contributed by atoms with van der Waals surface area (Å²) in [6.45, 7) is 4.37. The van der Waals surface area contributed by atoms with Gasteiger partial charge in [0.2, 0.25) is 0 Å². The van der Waals surface area contributed by atoms with Crippen molar-refractivity contribution in [2.75, 3.05) is 6.61 Å². The minimum absolute atomic E-state index is 0.141. The molecule has 0 saturated carbocycles. The van der Waals surface area contributed by atoms with Gasteiger partial charge in [-0.3, -0.25) is 4.79 Å². The molecule has 2 atom stereocenters. The fourth-order valence-electron chi connectivity index (χ4n) is 2.42. The van der Waals surface area contributed by atoms with E-state index in [4.69, 9.17) is 9.47 Å². The first kappa shape index (κ1) is 12.4. The monoisotopic (exact) mass is 265 g/mol. The number of hydrogen-bond acceptors (Lipinski definition) is 3. The van der Waals surface area contributed by atoms with Crippen LogP contribution in [0.2, 0.25) is 0 Å². The summed E-state index contributed by atoms with van der Waals surface area (Å²) in [6, 6.07) is 4.15. The third-order valence-corrected chi connectivity index (χ3v) is 3.37. The molecule has 1 N–H and O–H groups in total. The number of carbonyl (C=O) groups is 1. The van der Waals surface area contributed by atoms with Crippen LogP contribution in [0.5, 0.6) is 5.75 Å². The van der Waals surface area contributed by atoms with Crippen LogP contribution in [0, 0.1) is 5.82 Å². The van der Waals surface area contributed by atoms with Gasteiger partial charge in [-0.2, -0.15) is 0 Å². The summed E-state index contributed by atoms with van der Waals surface area (Å²) in [4.78, 5) is 11.8. The summed E-state index contributed by atoms with van der Waals surface area (Å²) in [5.74, 6) is 0.154. The van der Waals surface area contributed by atoms with Gasteiger partial charge < -0.3 is 14.8 Å². The van der Waals surface area contributed by atoms with Gasteiger partial charge in [0.25, 0.3) is 5.91 Å². The smallest absolute Gasteiger partial charge is 0.252 e. The molecule has 1 fully saturated rings. The molecular formula is C14H16FNO3. The van der Waals surface area contributed by atoms with Gasteiger partial charge in [0.1, 0.15) is 17.2 Å². The van der Waals surface area contributed by atoms with Crippen LogP contribution in [-0.4, -0.2) is 24.2 Å². The Bertz CT molecular complexity index is 525. The number of epoxide rings is 1. The van der Waals surface area contributed by atoms with E-state index in [1.165, 1.54) is 12.1 Å². The third-order valence-electron chi connectivity index (χ3n) is 3.37. The highest BCUT2D eigenvalue weighted by Gasteiger charge is 2.38. The maximum atomic E-state index is 13.4. The molecule has 0 spiro atoms. The number of amides is 1. The SMILES string of the molecule is CC1(C)CC(NC(=O)C2CO2)c2cc(F)ccc2O1. The van der Waals surface area contributed by atoms with Crippen LogP contribution in [0.1, 0.15) is 31.9 Å². The predicted molar refractivity (Wildman–Crippen MR) is 66.3 cm³/mol. The van der Waals surface area contributed by atoms with Crippen LogP contribution < -0.4 is 10.1 Å². The summed E-state index contributed by atoms with van der Waals surface area (Å²) >= 11 is 0. The van der Waals surface area contributed by atoms with Crippen molar-refractivity contribution in [3.63, 3.8) is 0 Å². The zero-order chi connectivity index (χ0) is 13.6. The average molecular weight is 265 g/mol. The predicted octanol–water partition coefficient (Wildman–Crippen LogP) is 1.94. The molecule has 2 heterocycles. The third kappa shape index (κ3) is 2.56. The Morgan fingerprint density at radius 1 is 1.47 bits per heavy atom. The molecule has 2 aliphatic heterocycles. The number of carbonyl (C=O) groups excluding carboxylic acids is 1. The Balaban J connectivity index is 1.89. The zero-order valence-electron chi connectivity index (χ0n) is 10.9. The number of rotatable bonds is 2. The van der Waals surface area contributed by atoms with E-state index in [1.54, 1.807) is 6.07 Å².